The molecule has 9 heteroatoms. The lowest BCUT2D eigenvalue weighted by Crippen LogP contribution is -2.15. The first-order valence-electron chi connectivity index (χ1n) is 9.45. The second-order valence-electron chi connectivity index (χ2n) is 6.94. The number of hydrogen-bond acceptors (Lipinski definition) is 8. The third kappa shape index (κ3) is 4.09. The second-order valence-corrected chi connectivity index (χ2v) is 6.94. The van der Waals surface area contributed by atoms with Gasteiger partial charge in [0.05, 0.1) is 4.92 Å². The average molecular weight is 408 g/mol. The van der Waals surface area contributed by atoms with Crippen LogP contribution in [0.5, 0.6) is 23.1 Å². The predicted octanol–water partition coefficient (Wildman–Crippen LogP) is 4.82. The fraction of sp³-hybridized carbons (Fsp3) is 0.238. The van der Waals surface area contributed by atoms with Crippen LogP contribution in [0.3, 0.4) is 0 Å². The Bertz CT molecular complexity index is 1070. The van der Waals surface area contributed by atoms with Crippen LogP contribution in [-0.2, 0) is 0 Å². The number of nitrogens with one attached hydrogen (secondary N) is 1. The average Bonchev–Trinajstić information content (AvgIpc) is 2.74. The van der Waals surface area contributed by atoms with Crippen molar-refractivity contribution in [3.63, 3.8) is 0 Å². The number of hydrogen-bond donors (Lipinski definition) is 1. The van der Waals surface area contributed by atoms with Crippen molar-refractivity contribution in [3.8, 4) is 23.1 Å². The molecule has 9 nitrogen and oxygen atoms in total. The van der Waals surface area contributed by atoms with E-state index in [-0.39, 0.29) is 17.4 Å². The molecule has 154 valence electrons. The Hall–Kier alpha value is -3.88. The molecule has 0 saturated carbocycles. The number of fused-ring (bicyclic) bond motifs is 1. The molecule has 2 aromatic carbocycles. The van der Waals surface area contributed by atoms with Gasteiger partial charge >= 0.3 is 11.6 Å². The molecule has 0 radical (unpaired) electrons. The van der Waals surface area contributed by atoms with Gasteiger partial charge in [0, 0.05) is 11.8 Å². The predicted molar refractivity (Wildman–Crippen MR) is 110 cm³/mol. The van der Waals surface area contributed by atoms with E-state index in [0.29, 0.717) is 42.1 Å². The van der Waals surface area contributed by atoms with Crippen LogP contribution < -0.4 is 19.5 Å². The summed E-state index contributed by atoms with van der Waals surface area (Å²) in [5.74, 6) is 1.87. The van der Waals surface area contributed by atoms with Crippen molar-refractivity contribution in [2.24, 2.45) is 0 Å². The molecule has 1 N–H and O–H groups in total. The van der Waals surface area contributed by atoms with Gasteiger partial charge in [-0.2, -0.15) is 4.98 Å². The maximum Gasteiger partial charge on any atom is 0.373 e. The Morgan fingerprint density at radius 2 is 1.80 bits per heavy atom. The van der Waals surface area contributed by atoms with E-state index < -0.39 is 4.92 Å². The molecule has 4 rings (SSSR count). The molecule has 0 unspecified atom stereocenters. The Morgan fingerprint density at radius 1 is 1.07 bits per heavy atom. The van der Waals surface area contributed by atoms with Gasteiger partial charge in [0.15, 0.2) is 11.5 Å². The smallest absolute Gasteiger partial charge is 0.373 e. The van der Waals surface area contributed by atoms with Gasteiger partial charge in [0.1, 0.15) is 25.3 Å². The third-order valence-corrected chi connectivity index (χ3v) is 4.54. The van der Waals surface area contributed by atoms with Crippen molar-refractivity contribution in [2.75, 3.05) is 18.5 Å². The molecule has 0 amide bonds. The van der Waals surface area contributed by atoms with E-state index in [1.807, 2.05) is 12.1 Å². The van der Waals surface area contributed by atoms with Gasteiger partial charge in [-0.3, -0.25) is 10.1 Å². The van der Waals surface area contributed by atoms with Crippen LogP contribution in [0.4, 0.5) is 17.2 Å². The second kappa shape index (κ2) is 8.24. The van der Waals surface area contributed by atoms with Gasteiger partial charge in [-0.25, -0.2) is 4.98 Å². The highest BCUT2D eigenvalue weighted by Gasteiger charge is 2.25. The molecule has 1 aliphatic heterocycles. The van der Waals surface area contributed by atoms with Crippen LogP contribution in [0.1, 0.15) is 25.3 Å². The normalized spacial score (nSPS) is 12.5. The van der Waals surface area contributed by atoms with Crippen molar-refractivity contribution in [2.45, 2.75) is 19.8 Å². The maximum atomic E-state index is 11.8. The van der Waals surface area contributed by atoms with E-state index in [1.165, 1.54) is 6.33 Å². The fourth-order valence-electron chi connectivity index (χ4n) is 2.98. The summed E-state index contributed by atoms with van der Waals surface area (Å²) < 4.78 is 16.7. The van der Waals surface area contributed by atoms with Gasteiger partial charge in [-0.05, 0) is 35.7 Å². The van der Waals surface area contributed by atoms with Crippen LogP contribution in [-0.4, -0.2) is 28.1 Å². The number of nitrogens with zero attached hydrogens (tertiary/aromatic N) is 3. The van der Waals surface area contributed by atoms with Crippen LogP contribution >= 0.6 is 0 Å². The molecular formula is C21H20N4O5. The van der Waals surface area contributed by atoms with Crippen LogP contribution in [0.25, 0.3) is 0 Å². The van der Waals surface area contributed by atoms with Crippen LogP contribution in [0.15, 0.2) is 48.8 Å². The number of ether oxygens (including phenoxy) is 3. The number of nitro groups is 1. The topological polar surface area (TPSA) is 109 Å². The minimum atomic E-state index is -0.571. The number of benzene rings is 2. The summed E-state index contributed by atoms with van der Waals surface area (Å²) in [4.78, 5) is 19.2. The lowest BCUT2D eigenvalue weighted by molar-refractivity contribution is -0.385. The van der Waals surface area contributed by atoms with E-state index in [1.54, 1.807) is 30.3 Å². The van der Waals surface area contributed by atoms with Gasteiger partial charge in [-0.1, -0.05) is 26.0 Å². The van der Waals surface area contributed by atoms with Crippen molar-refractivity contribution in [3.05, 3.63) is 64.5 Å². The zero-order valence-electron chi connectivity index (χ0n) is 16.5. The molecule has 1 aromatic heterocycles. The third-order valence-electron chi connectivity index (χ3n) is 4.54. The minimum absolute atomic E-state index is 0.0143. The van der Waals surface area contributed by atoms with Crippen LogP contribution in [0.2, 0.25) is 0 Å². The molecule has 3 aromatic rings. The first kappa shape index (κ1) is 19.4. The van der Waals surface area contributed by atoms with E-state index in [9.17, 15) is 10.1 Å². The molecule has 0 fully saturated rings. The summed E-state index contributed by atoms with van der Waals surface area (Å²) in [5.41, 5.74) is 1.34. The molecule has 30 heavy (non-hydrogen) atoms. The highest BCUT2D eigenvalue weighted by molar-refractivity contribution is 5.70. The molecule has 0 spiro atoms. The summed E-state index contributed by atoms with van der Waals surface area (Å²) in [6.07, 6.45) is 1.21. The fourth-order valence-corrected chi connectivity index (χ4v) is 2.98. The van der Waals surface area contributed by atoms with E-state index in [4.69, 9.17) is 14.2 Å². The molecule has 0 bridgehead atoms. The number of rotatable bonds is 6. The lowest BCUT2D eigenvalue weighted by atomic mass is 10.0. The minimum Gasteiger partial charge on any atom is -0.486 e. The zero-order chi connectivity index (χ0) is 21.1. The summed E-state index contributed by atoms with van der Waals surface area (Å²) in [6.45, 7) is 5.09. The Balaban J connectivity index is 1.62. The molecule has 0 saturated heterocycles. The van der Waals surface area contributed by atoms with Gasteiger partial charge in [-0.15, -0.1) is 0 Å². The van der Waals surface area contributed by atoms with Crippen LogP contribution in [0, 0.1) is 10.1 Å². The first-order chi connectivity index (χ1) is 14.5. The SMILES string of the molecule is CC(C)c1ccc(Oc2ncnc(Nc3ccc4c(c3)OCCO4)c2[N+](=O)[O-])cc1. The number of aromatic nitrogens is 2. The maximum absolute atomic E-state index is 11.8. The Morgan fingerprint density at radius 3 is 2.50 bits per heavy atom. The molecule has 0 aliphatic carbocycles. The Labute approximate surface area is 172 Å². The van der Waals surface area contributed by atoms with Gasteiger partial charge < -0.3 is 19.5 Å². The van der Waals surface area contributed by atoms with Crippen molar-refractivity contribution < 1.29 is 19.1 Å². The van der Waals surface area contributed by atoms with E-state index in [2.05, 4.69) is 29.1 Å². The highest BCUT2D eigenvalue weighted by atomic mass is 16.6. The summed E-state index contributed by atoms with van der Waals surface area (Å²) in [7, 11) is 0. The summed E-state index contributed by atoms with van der Waals surface area (Å²) in [6, 6.07) is 12.5. The van der Waals surface area contributed by atoms with Crippen molar-refractivity contribution >= 4 is 17.2 Å². The lowest BCUT2D eigenvalue weighted by Gasteiger charge is -2.19. The first-order valence-corrected chi connectivity index (χ1v) is 9.45. The molecule has 0 atom stereocenters. The standard InChI is InChI=1S/C21H20N4O5/c1-13(2)14-3-6-16(7-4-14)30-21-19(25(26)27)20(22-12-23-21)24-15-5-8-17-18(11-15)29-10-9-28-17/h3-8,11-13H,9-10H2,1-2H3,(H,22,23,24). The summed E-state index contributed by atoms with van der Waals surface area (Å²) in [5, 5.41) is 14.7. The van der Waals surface area contributed by atoms with E-state index >= 15 is 0 Å². The monoisotopic (exact) mass is 408 g/mol. The van der Waals surface area contributed by atoms with Crippen molar-refractivity contribution in [1.29, 1.82) is 0 Å². The summed E-state index contributed by atoms with van der Waals surface area (Å²) >= 11 is 0. The van der Waals surface area contributed by atoms with Gasteiger partial charge in [0.25, 0.3) is 0 Å². The highest BCUT2D eigenvalue weighted by Crippen LogP contribution is 2.38. The largest absolute Gasteiger partial charge is 0.486 e. The zero-order valence-corrected chi connectivity index (χ0v) is 16.5. The van der Waals surface area contributed by atoms with E-state index in [0.717, 1.165) is 5.56 Å². The quantitative estimate of drug-likeness (QED) is 0.457. The molecule has 2 heterocycles. The molecular weight excluding hydrogens is 388 g/mol. The van der Waals surface area contributed by atoms with Crippen molar-refractivity contribution in [1.82, 2.24) is 9.97 Å². The Kier molecular flexibility index (Phi) is 5.34. The number of anilines is 2. The van der Waals surface area contributed by atoms with Gasteiger partial charge in [0.2, 0.25) is 5.82 Å². The molecule has 1 aliphatic rings.